The van der Waals surface area contributed by atoms with Crippen LogP contribution in [0, 0.1) is 5.92 Å². The van der Waals surface area contributed by atoms with Crippen molar-refractivity contribution < 1.29 is 19.1 Å². The summed E-state index contributed by atoms with van der Waals surface area (Å²) in [5.74, 6) is -0.0987. The van der Waals surface area contributed by atoms with E-state index in [2.05, 4.69) is 25.7 Å². The number of amides is 1. The highest BCUT2D eigenvalue weighted by Gasteiger charge is 2.37. The lowest BCUT2D eigenvalue weighted by Crippen LogP contribution is -2.27. The molecule has 1 saturated heterocycles. The van der Waals surface area contributed by atoms with Gasteiger partial charge < -0.3 is 9.47 Å². The molecule has 0 aliphatic carbocycles. The zero-order valence-electron chi connectivity index (χ0n) is 10.6. The van der Waals surface area contributed by atoms with Gasteiger partial charge in [-0.15, -0.1) is 0 Å². The number of ether oxygens (including phenoxy) is 2. The van der Waals surface area contributed by atoms with E-state index in [0.717, 1.165) is 4.47 Å². The molecule has 1 unspecified atom stereocenters. The smallest absolute Gasteiger partial charge is 0.311 e. The number of nitrogens with zero attached hydrogens (tertiary/aromatic N) is 2. The van der Waals surface area contributed by atoms with Gasteiger partial charge >= 0.3 is 5.97 Å². The number of esters is 1. The standard InChI is InChI=1S/C12H13BrN2O4/c1-18-9-4-8(13)5-14-11(9)15-6-7(3-10(15)16)12(17)19-2/h4-5,7H,3,6H2,1-2H3. The summed E-state index contributed by atoms with van der Waals surface area (Å²) in [5.41, 5.74) is 0. The quantitative estimate of drug-likeness (QED) is 0.784. The van der Waals surface area contributed by atoms with E-state index >= 15 is 0 Å². The van der Waals surface area contributed by atoms with Crippen LogP contribution in [0.3, 0.4) is 0 Å². The predicted octanol–water partition coefficient (Wildman–Crippen LogP) is 1.38. The van der Waals surface area contributed by atoms with Crippen molar-refractivity contribution in [2.24, 2.45) is 5.92 Å². The first-order valence-corrected chi connectivity index (χ1v) is 6.43. The van der Waals surface area contributed by atoms with Crippen LogP contribution in [0.1, 0.15) is 6.42 Å². The number of anilines is 1. The Hall–Kier alpha value is -1.63. The molecule has 0 N–H and O–H groups in total. The monoisotopic (exact) mass is 328 g/mol. The van der Waals surface area contributed by atoms with Crippen molar-refractivity contribution in [3.05, 3.63) is 16.7 Å². The second-order valence-corrected chi connectivity index (χ2v) is 5.02. The van der Waals surface area contributed by atoms with Crippen molar-refractivity contribution in [1.82, 2.24) is 4.98 Å². The zero-order chi connectivity index (χ0) is 14.0. The number of aromatic nitrogens is 1. The van der Waals surface area contributed by atoms with Crippen LogP contribution in [0.2, 0.25) is 0 Å². The van der Waals surface area contributed by atoms with E-state index in [0.29, 0.717) is 11.6 Å². The highest BCUT2D eigenvalue weighted by atomic mass is 79.9. The molecule has 102 valence electrons. The molecular weight excluding hydrogens is 316 g/mol. The molecule has 2 rings (SSSR count). The van der Waals surface area contributed by atoms with E-state index in [4.69, 9.17) is 4.74 Å². The average Bonchev–Trinajstić information content (AvgIpc) is 2.79. The third-order valence-corrected chi connectivity index (χ3v) is 3.37. The van der Waals surface area contributed by atoms with Gasteiger partial charge in [-0.1, -0.05) is 0 Å². The fraction of sp³-hybridized carbons (Fsp3) is 0.417. The van der Waals surface area contributed by atoms with Crippen LogP contribution in [0.15, 0.2) is 16.7 Å². The Morgan fingerprint density at radius 1 is 1.53 bits per heavy atom. The van der Waals surface area contributed by atoms with Crippen molar-refractivity contribution in [3.63, 3.8) is 0 Å². The topological polar surface area (TPSA) is 68.7 Å². The van der Waals surface area contributed by atoms with Gasteiger partial charge in [0.25, 0.3) is 0 Å². The maximum absolute atomic E-state index is 12.0. The normalized spacial score (nSPS) is 18.6. The molecule has 0 saturated carbocycles. The number of hydrogen-bond donors (Lipinski definition) is 0. The molecule has 2 heterocycles. The summed E-state index contributed by atoms with van der Waals surface area (Å²) in [6.45, 7) is 0.260. The first-order chi connectivity index (χ1) is 9.06. The fourth-order valence-electron chi connectivity index (χ4n) is 2.00. The van der Waals surface area contributed by atoms with Gasteiger partial charge in [-0.05, 0) is 22.0 Å². The maximum atomic E-state index is 12.0. The van der Waals surface area contributed by atoms with Gasteiger partial charge in [0.1, 0.15) is 0 Å². The van der Waals surface area contributed by atoms with Gasteiger partial charge in [0, 0.05) is 23.6 Å². The summed E-state index contributed by atoms with van der Waals surface area (Å²) in [6.07, 6.45) is 1.71. The second kappa shape index (κ2) is 5.56. The molecule has 1 atom stereocenters. The zero-order valence-corrected chi connectivity index (χ0v) is 12.1. The van der Waals surface area contributed by atoms with Crippen molar-refractivity contribution in [1.29, 1.82) is 0 Å². The number of halogens is 1. The number of methoxy groups -OCH3 is 2. The van der Waals surface area contributed by atoms with E-state index in [9.17, 15) is 9.59 Å². The van der Waals surface area contributed by atoms with E-state index in [1.165, 1.54) is 19.1 Å². The molecule has 1 aromatic rings. The van der Waals surface area contributed by atoms with Crippen LogP contribution in [-0.4, -0.2) is 37.6 Å². The van der Waals surface area contributed by atoms with Crippen LogP contribution >= 0.6 is 15.9 Å². The summed E-state index contributed by atoms with van der Waals surface area (Å²) in [4.78, 5) is 29.1. The lowest BCUT2D eigenvalue weighted by Gasteiger charge is -2.18. The van der Waals surface area contributed by atoms with Crippen molar-refractivity contribution in [2.45, 2.75) is 6.42 Å². The molecule has 1 amide bonds. The number of carbonyl (C=O) groups excluding carboxylic acids is 2. The van der Waals surface area contributed by atoms with Crippen molar-refractivity contribution >= 4 is 33.6 Å². The van der Waals surface area contributed by atoms with Gasteiger partial charge in [0.2, 0.25) is 5.91 Å². The first kappa shape index (κ1) is 13.8. The summed E-state index contributed by atoms with van der Waals surface area (Å²) >= 11 is 3.29. The third-order valence-electron chi connectivity index (χ3n) is 2.93. The van der Waals surface area contributed by atoms with Crippen LogP contribution in [0.25, 0.3) is 0 Å². The summed E-state index contributed by atoms with van der Waals surface area (Å²) < 4.78 is 10.6. The molecule has 1 fully saturated rings. The molecule has 1 aliphatic rings. The number of carbonyl (C=O) groups is 2. The molecule has 0 aromatic carbocycles. The minimum Gasteiger partial charge on any atom is -0.493 e. The SMILES string of the molecule is COC(=O)C1CC(=O)N(c2ncc(Br)cc2OC)C1. The fourth-order valence-corrected chi connectivity index (χ4v) is 2.31. The Morgan fingerprint density at radius 2 is 2.26 bits per heavy atom. The molecule has 0 spiro atoms. The van der Waals surface area contributed by atoms with E-state index in [1.54, 1.807) is 12.3 Å². The van der Waals surface area contributed by atoms with Crippen molar-refractivity contribution in [2.75, 3.05) is 25.7 Å². The van der Waals surface area contributed by atoms with Crippen LogP contribution in [0.4, 0.5) is 5.82 Å². The van der Waals surface area contributed by atoms with Gasteiger partial charge in [0.05, 0.1) is 20.1 Å². The molecule has 0 bridgehead atoms. The molecule has 6 nitrogen and oxygen atoms in total. The summed E-state index contributed by atoms with van der Waals surface area (Å²) in [6, 6.07) is 1.72. The van der Waals surface area contributed by atoms with E-state index < -0.39 is 5.92 Å². The van der Waals surface area contributed by atoms with Crippen LogP contribution in [0.5, 0.6) is 5.75 Å². The largest absolute Gasteiger partial charge is 0.493 e. The summed E-state index contributed by atoms with van der Waals surface area (Å²) in [5, 5.41) is 0. The second-order valence-electron chi connectivity index (χ2n) is 4.11. The highest BCUT2D eigenvalue weighted by Crippen LogP contribution is 2.33. The molecule has 1 aliphatic heterocycles. The van der Waals surface area contributed by atoms with Gasteiger partial charge in [0.15, 0.2) is 11.6 Å². The number of pyridine rings is 1. The lowest BCUT2D eigenvalue weighted by molar-refractivity contribution is -0.145. The highest BCUT2D eigenvalue weighted by molar-refractivity contribution is 9.10. The molecule has 19 heavy (non-hydrogen) atoms. The lowest BCUT2D eigenvalue weighted by atomic mass is 10.1. The van der Waals surface area contributed by atoms with E-state index in [1.807, 2.05) is 0 Å². The van der Waals surface area contributed by atoms with Crippen molar-refractivity contribution in [3.8, 4) is 5.75 Å². The van der Waals surface area contributed by atoms with E-state index in [-0.39, 0.29) is 24.8 Å². The Morgan fingerprint density at radius 3 is 2.89 bits per heavy atom. The molecule has 1 aromatic heterocycles. The van der Waals surface area contributed by atoms with Gasteiger partial charge in [-0.3, -0.25) is 14.5 Å². The van der Waals surface area contributed by atoms with Crippen LogP contribution < -0.4 is 9.64 Å². The molecule has 0 radical (unpaired) electrons. The Balaban J connectivity index is 2.28. The maximum Gasteiger partial charge on any atom is 0.311 e. The Bertz CT molecular complexity index is 520. The van der Waals surface area contributed by atoms with Crippen LogP contribution in [-0.2, 0) is 14.3 Å². The first-order valence-electron chi connectivity index (χ1n) is 5.64. The van der Waals surface area contributed by atoms with Gasteiger partial charge in [-0.2, -0.15) is 0 Å². The minimum atomic E-state index is -0.451. The number of rotatable bonds is 3. The number of hydrogen-bond acceptors (Lipinski definition) is 5. The molecular formula is C12H13BrN2O4. The third kappa shape index (κ3) is 2.70. The van der Waals surface area contributed by atoms with Gasteiger partial charge in [-0.25, -0.2) is 4.98 Å². The Kier molecular flexibility index (Phi) is 4.04. The average molecular weight is 329 g/mol. The minimum absolute atomic E-state index is 0.133. The predicted molar refractivity (Wildman–Crippen MR) is 71.0 cm³/mol. The molecule has 7 heteroatoms. The Labute approximate surface area is 118 Å². The summed E-state index contributed by atoms with van der Waals surface area (Å²) in [7, 11) is 2.82.